The summed E-state index contributed by atoms with van der Waals surface area (Å²) >= 11 is 0. The second kappa shape index (κ2) is 5.55. The summed E-state index contributed by atoms with van der Waals surface area (Å²) in [6.45, 7) is 2.00. The Hall–Kier alpha value is -0.650. The van der Waals surface area contributed by atoms with Gasteiger partial charge < -0.3 is 15.2 Å². The average molecular weight is 256 g/mol. The van der Waals surface area contributed by atoms with Crippen LogP contribution >= 0.6 is 0 Å². The summed E-state index contributed by atoms with van der Waals surface area (Å²) in [6.07, 6.45) is 4.95. The van der Waals surface area contributed by atoms with E-state index in [0.29, 0.717) is 18.6 Å². The number of carbonyl (C=O) groups is 1. The van der Waals surface area contributed by atoms with Crippen molar-refractivity contribution >= 4 is 5.97 Å². The third kappa shape index (κ3) is 2.68. The number of methoxy groups -OCH3 is 2. The molecule has 0 spiro atoms. The number of hydrogen-bond acceptors (Lipinski definition) is 5. The Bertz CT molecular complexity index is 311. The fourth-order valence-corrected chi connectivity index (χ4v) is 3.26. The van der Waals surface area contributed by atoms with Crippen molar-refractivity contribution in [3.63, 3.8) is 0 Å². The number of hydrogen-bond donors (Lipinski definition) is 1. The third-order valence-corrected chi connectivity index (χ3v) is 4.38. The molecule has 0 aromatic carbocycles. The summed E-state index contributed by atoms with van der Waals surface area (Å²) in [7, 11) is 3.17. The molecule has 0 bridgehead atoms. The van der Waals surface area contributed by atoms with Gasteiger partial charge in [-0.15, -0.1) is 0 Å². The summed E-state index contributed by atoms with van der Waals surface area (Å²) in [6, 6.07) is 0.392. The minimum absolute atomic E-state index is 0.269. The van der Waals surface area contributed by atoms with Gasteiger partial charge >= 0.3 is 5.97 Å². The molecule has 0 aromatic heterocycles. The molecule has 2 N–H and O–H groups in total. The number of rotatable bonds is 3. The Balaban J connectivity index is 1.97. The first-order valence-corrected chi connectivity index (χ1v) is 6.73. The Morgan fingerprint density at radius 2 is 2.17 bits per heavy atom. The topological polar surface area (TPSA) is 64.8 Å². The Labute approximate surface area is 109 Å². The molecule has 104 valence electrons. The van der Waals surface area contributed by atoms with Gasteiger partial charge in [0.1, 0.15) is 5.54 Å². The molecule has 5 nitrogen and oxygen atoms in total. The monoisotopic (exact) mass is 256 g/mol. The zero-order valence-corrected chi connectivity index (χ0v) is 11.4. The third-order valence-electron chi connectivity index (χ3n) is 4.38. The second-order valence-electron chi connectivity index (χ2n) is 5.54. The van der Waals surface area contributed by atoms with Crippen LogP contribution in [0.4, 0.5) is 0 Å². The van der Waals surface area contributed by atoms with Crippen molar-refractivity contribution in [3.05, 3.63) is 0 Å². The molecule has 0 radical (unpaired) electrons. The molecule has 0 amide bonds. The molecule has 1 saturated heterocycles. The van der Waals surface area contributed by atoms with Gasteiger partial charge in [-0.3, -0.25) is 9.69 Å². The molecule has 5 heteroatoms. The predicted octanol–water partition coefficient (Wildman–Crippen LogP) is 0.520. The first-order chi connectivity index (χ1) is 8.59. The maximum Gasteiger partial charge on any atom is 0.325 e. The van der Waals surface area contributed by atoms with Crippen molar-refractivity contribution in [1.29, 1.82) is 0 Å². The lowest BCUT2D eigenvalue weighted by Gasteiger charge is -2.39. The molecule has 2 aliphatic rings. The number of carbonyl (C=O) groups excluding carboxylic acids is 1. The molecule has 1 saturated carbocycles. The van der Waals surface area contributed by atoms with Crippen LogP contribution in [0.15, 0.2) is 0 Å². The summed E-state index contributed by atoms with van der Waals surface area (Å²) in [4.78, 5) is 14.2. The van der Waals surface area contributed by atoms with Crippen LogP contribution in [0, 0.1) is 0 Å². The number of nitrogens with two attached hydrogens (primary N) is 1. The lowest BCUT2D eigenvalue weighted by Crippen LogP contribution is -2.56. The van der Waals surface area contributed by atoms with Crippen molar-refractivity contribution in [2.45, 2.75) is 49.8 Å². The highest BCUT2D eigenvalue weighted by Crippen LogP contribution is 2.32. The van der Waals surface area contributed by atoms with Crippen molar-refractivity contribution < 1.29 is 14.3 Å². The quantitative estimate of drug-likeness (QED) is 0.746. The molecule has 2 fully saturated rings. The molecule has 1 aliphatic carbocycles. The van der Waals surface area contributed by atoms with Crippen LogP contribution in [0.2, 0.25) is 0 Å². The standard InChI is InChI=1S/C13H24N2O3/c1-17-11-5-7-15(9-11)10-4-3-6-13(14,8-10)12(16)18-2/h10-11H,3-9,14H2,1-2H3. The van der Waals surface area contributed by atoms with Crippen LogP contribution in [-0.2, 0) is 14.3 Å². The van der Waals surface area contributed by atoms with Crippen LogP contribution < -0.4 is 5.73 Å². The normalized spacial score (nSPS) is 37.7. The summed E-state index contributed by atoms with van der Waals surface area (Å²) in [5.74, 6) is -0.269. The highest BCUT2D eigenvalue weighted by atomic mass is 16.5. The highest BCUT2D eigenvalue weighted by Gasteiger charge is 2.43. The molecule has 2 rings (SSSR count). The Morgan fingerprint density at radius 3 is 2.78 bits per heavy atom. The fourth-order valence-electron chi connectivity index (χ4n) is 3.26. The van der Waals surface area contributed by atoms with Crippen molar-refractivity contribution in [3.8, 4) is 0 Å². The van der Waals surface area contributed by atoms with Crippen molar-refractivity contribution in [1.82, 2.24) is 4.90 Å². The number of ether oxygens (including phenoxy) is 2. The smallest absolute Gasteiger partial charge is 0.325 e. The highest BCUT2D eigenvalue weighted by molar-refractivity contribution is 5.80. The van der Waals surface area contributed by atoms with Gasteiger partial charge in [0.25, 0.3) is 0 Å². The molecular formula is C13H24N2O3. The van der Waals surface area contributed by atoms with E-state index >= 15 is 0 Å². The number of esters is 1. The Kier molecular flexibility index (Phi) is 4.25. The summed E-state index contributed by atoms with van der Waals surface area (Å²) in [5.41, 5.74) is 5.42. The van der Waals surface area contributed by atoms with Gasteiger partial charge in [-0.25, -0.2) is 0 Å². The van der Waals surface area contributed by atoms with Crippen LogP contribution in [0.5, 0.6) is 0 Å². The van der Waals surface area contributed by atoms with E-state index in [-0.39, 0.29) is 5.97 Å². The SMILES string of the molecule is COC(=O)C1(N)CCCC(N2CCC(OC)C2)C1. The van der Waals surface area contributed by atoms with Crippen LogP contribution in [-0.4, -0.2) is 55.9 Å². The first kappa shape index (κ1) is 13.8. The van der Waals surface area contributed by atoms with E-state index in [9.17, 15) is 4.79 Å². The largest absolute Gasteiger partial charge is 0.468 e. The summed E-state index contributed by atoms with van der Waals surface area (Å²) < 4.78 is 10.2. The van der Waals surface area contributed by atoms with Gasteiger partial charge in [0.2, 0.25) is 0 Å². The lowest BCUT2D eigenvalue weighted by molar-refractivity contribution is -0.149. The number of nitrogens with zero attached hydrogens (tertiary/aromatic N) is 1. The summed E-state index contributed by atoms with van der Waals surface area (Å²) in [5, 5.41) is 0. The number of likely N-dealkylation sites (tertiary alicyclic amines) is 1. The van der Waals surface area contributed by atoms with Gasteiger partial charge in [-0.2, -0.15) is 0 Å². The average Bonchev–Trinajstić information content (AvgIpc) is 2.86. The minimum atomic E-state index is -0.789. The van der Waals surface area contributed by atoms with E-state index in [1.807, 2.05) is 0 Å². The van der Waals surface area contributed by atoms with Gasteiger partial charge in [-0.05, 0) is 32.1 Å². The minimum Gasteiger partial charge on any atom is -0.468 e. The molecule has 0 aromatic rings. The van der Waals surface area contributed by atoms with Gasteiger partial charge in [0.15, 0.2) is 0 Å². The van der Waals surface area contributed by atoms with E-state index in [1.165, 1.54) is 7.11 Å². The first-order valence-electron chi connectivity index (χ1n) is 6.73. The predicted molar refractivity (Wildman–Crippen MR) is 68.2 cm³/mol. The Morgan fingerprint density at radius 1 is 1.39 bits per heavy atom. The van der Waals surface area contributed by atoms with E-state index in [2.05, 4.69) is 4.90 Å². The van der Waals surface area contributed by atoms with Crippen LogP contribution in [0.1, 0.15) is 32.1 Å². The molecule has 18 heavy (non-hydrogen) atoms. The molecule has 1 aliphatic heterocycles. The van der Waals surface area contributed by atoms with Gasteiger partial charge in [0, 0.05) is 26.2 Å². The maximum atomic E-state index is 11.8. The molecule has 3 atom stereocenters. The maximum absolute atomic E-state index is 11.8. The van der Waals surface area contributed by atoms with Crippen LogP contribution in [0.25, 0.3) is 0 Å². The molecule has 1 heterocycles. The van der Waals surface area contributed by atoms with Gasteiger partial charge in [0.05, 0.1) is 13.2 Å². The van der Waals surface area contributed by atoms with E-state index in [1.54, 1.807) is 7.11 Å². The lowest BCUT2D eigenvalue weighted by atomic mass is 9.79. The zero-order valence-electron chi connectivity index (χ0n) is 11.4. The zero-order chi connectivity index (χ0) is 13.2. The molecular weight excluding hydrogens is 232 g/mol. The van der Waals surface area contributed by atoms with Gasteiger partial charge in [-0.1, -0.05) is 0 Å². The van der Waals surface area contributed by atoms with E-state index < -0.39 is 5.54 Å². The fraction of sp³-hybridized carbons (Fsp3) is 0.923. The molecule has 3 unspecified atom stereocenters. The van der Waals surface area contributed by atoms with E-state index in [0.717, 1.165) is 38.8 Å². The van der Waals surface area contributed by atoms with E-state index in [4.69, 9.17) is 15.2 Å². The van der Waals surface area contributed by atoms with Crippen molar-refractivity contribution in [2.75, 3.05) is 27.3 Å². The van der Waals surface area contributed by atoms with Crippen molar-refractivity contribution in [2.24, 2.45) is 5.73 Å². The second-order valence-corrected chi connectivity index (χ2v) is 5.54. The van der Waals surface area contributed by atoms with Crippen LogP contribution in [0.3, 0.4) is 0 Å².